The fourth-order valence-electron chi connectivity index (χ4n) is 1.66. The van der Waals surface area contributed by atoms with Gasteiger partial charge < -0.3 is 10.1 Å². The van der Waals surface area contributed by atoms with Gasteiger partial charge in [0.1, 0.15) is 0 Å². The van der Waals surface area contributed by atoms with E-state index in [9.17, 15) is 4.79 Å². The minimum Gasteiger partial charge on any atom is -0.381 e. The molecule has 0 aromatic heterocycles. The number of alkyl halides is 1. The molecule has 0 radical (unpaired) electrons. The average molecular weight is 328 g/mol. The minimum atomic E-state index is 0.112. The van der Waals surface area contributed by atoms with Gasteiger partial charge in [0, 0.05) is 24.9 Å². The van der Waals surface area contributed by atoms with Gasteiger partial charge in [0.25, 0.3) is 0 Å². The van der Waals surface area contributed by atoms with Crippen molar-refractivity contribution in [3.63, 3.8) is 0 Å². The predicted octanol–water partition coefficient (Wildman–Crippen LogP) is 2.85. The molecule has 0 atom stereocenters. The molecule has 1 aromatic carbocycles. The summed E-state index contributed by atoms with van der Waals surface area (Å²) in [4.78, 5) is 11.6. The van der Waals surface area contributed by atoms with Crippen molar-refractivity contribution in [2.45, 2.75) is 26.2 Å². The van der Waals surface area contributed by atoms with E-state index in [-0.39, 0.29) is 5.91 Å². The van der Waals surface area contributed by atoms with E-state index < -0.39 is 0 Å². The highest BCUT2D eigenvalue weighted by Gasteiger charge is 2.01. The van der Waals surface area contributed by atoms with Crippen LogP contribution in [-0.4, -0.2) is 31.0 Å². The van der Waals surface area contributed by atoms with Crippen LogP contribution in [0.4, 0.5) is 0 Å². The van der Waals surface area contributed by atoms with Gasteiger partial charge in [0.2, 0.25) is 5.91 Å². The van der Waals surface area contributed by atoms with Crippen molar-refractivity contribution in [1.29, 1.82) is 0 Å². The molecule has 0 aliphatic heterocycles. The van der Waals surface area contributed by atoms with Gasteiger partial charge in [-0.3, -0.25) is 4.79 Å². The Hall–Kier alpha value is -0.870. The first kappa shape index (κ1) is 16.2. The van der Waals surface area contributed by atoms with Crippen molar-refractivity contribution in [3.8, 4) is 0 Å². The van der Waals surface area contributed by atoms with Crippen LogP contribution in [-0.2, 0) is 16.0 Å². The van der Waals surface area contributed by atoms with Crippen LogP contribution >= 0.6 is 15.9 Å². The Kier molecular flexibility index (Phi) is 8.50. The summed E-state index contributed by atoms with van der Waals surface area (Å²) >= 11 is 3.29. The molecule has 0 fully saturated rings. The number of carbonyl (C=O) groups is 1. The predicted molar refractivity (Wildman–Crippen MR) is 81.7 cm³/mol. The fourth-order valence-corrected chi connectivity index (χ4v) is 1.89. The standard InChI is InChI=1S/C15H22BrNO2/c1-13-3-5-14(6-4-13)7-8-15(18)17-10-2-11-19-12-9-16/h3-6H,2,7-12H2,1H3,(H,17,18). The molecule has 0 aliphatic rings. The Morgan fingerprint density at radius 2 is 2.00 bits per heavy atom. The van der Waals surface area contributed by atoms with E-state index in [1.807, 2.05) is 0 Å². The maximum Gasteiger partial charge on any atom is 0.220 e. The van der Waals surface area contributed by atoms with Gasteiger partial charge in [-0.2, -0.15) is 0 Å². The van der Waals surface area contributed by atoms with Crippen molar-refractivity contribution in [3.05, 3.63) is 35.4 Å². The lowest BCUT2D eigenvalue weighted by Gasteiger charge is -2.06. The van der Waals surface area contributed by atoms with Gasteiger partial charge in [-0.25, -0.2) is 0 Å². The molecule has 1 aromatic rings. The van der Waals surface area contributed by atoms with Crippen LogP contribution in [0.1, 0.15) is 24.0 Å². The number of ether oxygens (including phenoxy) is 1. The lowest BCUT2D eigenvalue weighted by Crippen LogP contribution is -2.25. The summed E-state index contributed by atoms with van der Waals surface area (Å²) in [5, 5.41) is 3.77. The Balaban J connectivity index is 2.06. The monoisotopic (exact) mass is 327 g/mol. The lowest BCUT2D eigenvalue weighted by molar-refractivity contribution is -0.121. The molecule has 0 heterocycles. The molecule has 3 nitrogen and oxygen atoms in total. The smallest absolute Gasteiger partial charge is 0.220 e. The van der Waals surface area contributed by atoms with E-state index in [0.717, 1.165) is 24.8 Å². The first-order chi connectivity index (χ1) is 9.22. The molecule has 106 valence electrons. The van der Waals surface area contributed by atoms with Crippen LogP contribution in [0.3, 0.4) is 0 Å². The molecule has 0 spiro atoms. The topological polar surface area (TPSA) is 38.3 Å². The molecular formula is C15H22BrNO2. The number of carbonyl (C=O) groups excluding carboxylic acids is 1. The first-order valence-corrected chi connectivity index (χ1v) is 7.80. The minimum absolute atomic E-state index is 0.112. The second-order valence-corrected chi connectivity index (χ2v) is 5.28. The maximum absolute atomic E-state index is 11.6. The molecule has 0 saturated carbocycles. The summed E-state index contributed by atoms with van der Waals surface area (Å²) in [6, 6.07) is 8.32. The van der Waals surface area contributed by atoms with Crippen LogP contribution in [0.25, 0.3) is 0 Å². The molecule has 1 N–H and O–H groups in total. The Morgan fingerprint density at radius 3 is 2.68 bits per heavy atom. The summed E-state index contributed by atoms with van der Waals surface area (Å²) in [6.07, 6.45) is 2.21. The van der Waals surface area contributed by atoms with Crippen LogP contribution in [0.2, 0.25) is 0 Å². The zero-order valence-corrected chi connectivity index (χ0v) is 13.0. The van der Waals surface area contributed by atoms with E-state index in [4.69, 9.17) is 4.74 Å². The molecule has 0 saturated heterocycles. The normalized spacial score (nSPS) is 10.4. The number of hydrogen-bond acceptors (Lipinski definition) is 2. The zero-order valence-electron chi connectivity index (χ0n) is 11.5. The number of amides is 1. The van der Waals surface area contributed by atoms with Gasteiger partial charge in [0.05, 0.1) is 6.61 Å². The van der Waals surface area contributed by atoms with E-state index in [2.05, 4.69) is 52.4 Å². The van der Waals surface area contributed by atoms with Crippen molar-refractivity contribution < 1.29 is 9.53 Å². The molecule has 0 unspecified atom stereocenters. The van der Waals surface area contributed by atoms with Crippen molar-refractivity contribution in [2.24, 2.45) is 0 Å². The third-order valence-electron chi connectivity index (χ3n) is 2.77. The zero-order chi connectivity index (χ0) is 13.9. The Labute approximate surface area is 123 Å². The molecule has 0 aliphatic carbocycles. The van der Waals surface area contributed by atoms with Crippen molar-refractivity contribution in [1.82, 2.24) is 5.32 Å². The first-order valence-electron chi connectivity index (χ1n) is 6.68. The average Bonchev–Trinajstić information content (AvgIpc) is 2.42. The van der Waals surface area contributed by atoms with Crippen molar-refractivity contribution >= 4 is 21.8 Å². The van der Waals surface area contributed by atoms with Gasteiger partial charge in [0.15, 0.2) is 0 Å². The molecule has 0 bridgehead atoms. The van der Waals surface area contributed by atoms with Gasteiger partial charge in [-0.05, 0) is 25.3 Å². The van der Waals surface area contributed by atoms with E-state index in [1.54, 1.807) is 0 Å². The van der Waals surface area contributed by atoms with E-state index in [1.165, 1.54) is 11.1 Å². The molecule has 1 amide bonds. The third-order valence-corrected chi connectivity index (χ3v) is 3.09. The summed E-state index contributed by atoms with van der Waals surface area (Å²) in [5.74, 6) is 0.112. The quantitative estimate of drug-likeness (QED) is 0.559. The summed E-state index contributed by atoms with van der Waals surface area (Å²) in [5.41, 5.74) is 2.46. The van der Waals surface area contributed by atoms with E-state index in [0.29, 0.717) is 19.6 Å². The van der Waals surface area contributed by atoms with Crippen LogP contribution in [0.5, 0.6) is 0 Å². The van der Waals surface area contributed by atoms with Gasteiger partial charge in [-0.1, -0.05) is 45.8 Å². The lowest BCUT2D eigenvalue weighted by atomic mass is 10.1. The van der Waals surface area contributed by atoms with Crippen molar-refractivity contribution in [2.75, 3.05) is 25.1 Å². The largest absolute Gasteiger partial charge is 0.381 e. The third kappa shape index (κ3) is 8.01. The van der Waals surface area contributed by atoms with Crippen LogP contribution < -0.4 is 5.32 Å². The highest BCUT2D eigenvalue weighted by atomic mass is 79.9. The molecule has 1 rings (SSSR count). The van der Waals surface area contributed by atoms with Crippen LogP contribution in [0.15, 0.2) is 24.3 Å². The number of halogens is 1. The van der Waals surface area contributed by atoms with Gasteiger partial charge in [-0.15, -0.1) is 0 Å². The number of aryl methyl sites for hydroxylation is 2. The highest BCUT2D eigenvalue weighted by Crippen LogP contribution is 2.05. The Morgan fingerprint density at radius 1 is 1.26 bits per heavy atom. The molecular weight excluding hydrogens is 306 g/mol. The fraction of sp³-hybridized carbons (Fsp3) is 0.533. The SMILES string of the molecule is Cc1ccc(CCC(=O)NCCCOCCBr)cc1. The highest BCUT2D eigenvalue weighted by molar-refractivity contribution is 9.09. The summed E-state index contributed by atoms with van der Waals surface area (Å²) in [7, 11) is 0. The Bertz CT molecular complexity index is 365. The number of hydrogen-bond donors (Lipinski definition) is 1. The summed E-state index contributed by atoms with van der Waals surface area (Å²) in [6.45, 7) is 4.17. The van der Waals surface area contributed by atoms with E-state index >= 15 is 0 Å². The summed E-state index contributed by atoms with van der Waals surface area (Å²) < 4.78 is 5.31. The van der Waals surface area contributed by atoms with Crippen LogP contribution in [0, 0.1) is 6.92 Å². The number of rotatable bonds is 9. The van der Waals surface area contributed by atoms with Gasteiger partial charge >= 0.3 is 0 Å². The molecule has 19 heavy (non-hydrogen) atoms. The second kappa shape index (κ2) is 9.98. The second-order valence-electron chi connectivity index (χ2n) is 4.49. The number of benzene rings is 1. The number of nitrogens with one attached hydrogen (secondary N) is 1. The maximum atomic E-state index is 11.6. The molecule has 4 heteroatoms.